The van der Waals surface area contributed by atoms with E-state index in [0.717, 1.165) is 19.4 Å². The predicted octanol–water partition coefficient (Wildman–Crippen LogP) is 3.14. The minimum atomic E-state index is -0.819. The largest absolute Gasteiger partial charge is 0.469 e. The Labute approximate surface area is 213 Å². The Balaban J connectivity index is 1.73. The minimum Gasteiger partial charge on any atom is -0.469 e. The van der Waals surface area contributed by atoms with Crippen molar-refractivity contribution in [3.05, 3.63) is 59.5 Å². The number of nitrogens with one attached hydrogen (secondary N) is 2. The van der Waals surface area contributed by atoms with Gasteiger partial charge in [0.15, 0.2) is 5.78 Å². The highest BCUT2D eigenvalue weighted by Crippen LogP contribution is 2.29. The number of ketones is 1. The first-order valence-corrected chi connectivity index (χ1v) is 12.5. The second-order valence-electron chi connectivity index (χ2n) is 10.7. The third-order valence-corrected chi connectivity index (χ3v) is 6.73. The monoisotopic (exact) mass is 497 g/mol. The van der Waals surface area contributed by atoms with E-state index in [1.54, 1.807) is 13.0 Å². The molecule has 1 aromatic carbocycles. The van der Waals surface area contributed by atoms with Crippen LogP contribution in [-0.4, -0.2) is 67.9 Å². The van der Waals surface area contributed by atoms with E-state index in [0.29, 0.717) is 24.2 Å². The molecule has 1 fully saturated rings. The lowest BCUT2D eigenvalue weighted by Crippen LogP contribution is -2.54. The molecule has 1 aliphatic rings. The second-order valence-corrected chi connectivity index (χ2v) is 10.7. The van der Waals surface area contributed by atoms with Gasteiger partial charge in [0.2, 0.25) is 5.91 Å². The van der Waals surface area contributed by atoms with E-state index in [1.165, 1.54) is 11.8 Å². The molecule has 8 nitrogen and oxygen atoms in total. The van der Waals surface area contributed by atoms with E-state index in [1.807, 2.05) is 37.2 Å². The molecule has 36 heavy (non-hydrogen) atoms. The molecular weight excluding hydrogens is 458 g/mol. The van der Waals surface area contributed by atoms with Gasteiger partial charge < -0.3 is 24.7 Å². The lowest BCUT2D eigenvalue weighted by molar-refractivity contribution is -0.128. The molecule has 2 unspecified atom stereocenters. The fourth-order valence-electron chi connectivity index (χ4n) is 4.49. The molecule has 0 spiro atoms. The molecule has 1 aliphatic heterocycles. The van der Waals surface area contributed by atoms with Gasteiger partial charge >= 0.3 is 0 Å². The fraction of sp³-hybridized carbons (Fsp3) is 0.536. The van der Waals surface area contributed by atoms with Crippen LogP contribution in [0.25, 0.3) is 0 Å². The quantitative estimate of drug-likeness (QED) is 0.467. The van der Waals surface area contributed by atoms with Crippen LogP contribution in [0.15, 0.2) is 47.1 Å². The first-order chi connectivity index (χ1) is 17.1. The number of Topliss-reactive ketones (excluding diaryl/α,β-unsaturated/α-hetero) is 1. The minimum absolute atomic E-state index is 0.0170. The van der Waals surface area contributed by atoms with Crippen molar-refractivity contribution in [3.63, 3.8) is 0 Å². The third kappa shape index (κ3) is 7.77. The Bertz CT molecular complexity index is 1030. The van der Waals surface area contributed by atoms with Crippen LogP contribution in [0.4, 0.5) is 0 Å². The topological polar surface area (TPSA) is 101 Å². The number of hydrogen-bond donors (Lipinski definition) is 2. The van der Waals surface area contributed by atoms with Crippen LogP contribution in [-0.2, 0) is 20.7 Å². The van der Waals surface area contributed by atoms with Crippen LogP contribution in [0.1, 0.15) is 54.8 Å². The Kier molecular flexibility index (Phi) is 9.45. The van der Waals surface area contributed by atoms with Gasteiger partial charge in [-0.15, -0.1) is 0 Å². The number of benzene rings is 1. The molecule has 196 valence electrons. The van der Waals surface area contributed by atoms with Crippen molar-refractivity contribution in [2.75, 3.05) is 27.2 Å². The SMILES string of the molecule is Cc1occc1C(=O)N[C@@H](CC(C)(C)CCc1ccccc1)C(=O)NC1C(=O)COC1CCN(C)C. The fourth-order valence-corrected chi connectivity index (χ4v) is 4.49. The predicted molar refractivity (Wildman–Crippen MR) is 138 cm³/mol. The summed E-state index contributed by atoms with van der Waals surface area (Å²) in [5.41, 5.74) is 1.36. The summed E-state index contributed by atoms with van der Waals surface area (Å²) in [6.07, 6.45) is 3.79. The molecule has 0 aliphatic carbocycles. The van der Waals surface area contributed by atoms with Crippen molar-refractivity contribution in [1.82, 2.24) is 15.5 Å². The number of ether oxygens (including phenoxy) is 1. The first-order valence-electron chi connectivity index (χ1n) is 12.5. The van der Waals surface area contributed by atoms with Crippen molar-refractivity contribution >= 4 is 17.6 Å². The van der Waals surface area contributed by atoms with Gasteiger partial charge in [-0.1, -0.05) is 44.2 Å². The van der Waals surface area contributed by atoms with Gasteiger partial charge in [0, 0.05) is 6.54 Å². The highest BCUT2D eigenvalue weighted by Gasteiger charge is 2.39. The molecule has 3 atom stereocenters. The molecule has 3 rings (SSSR count). The van der Waals surface area contributed by atoms with Gasteiger partial charge in [0.05, 0.1) is 17.9 Å². The van der Waals surface area contributed by atoms with Gasteiger partial charge in [-0.25, -0.2) is 0 Å². The number of nitrogens with zero attached hydrogens (tertiary/aromatic N) is 1. The van der Waals surface area contributed by atoms with Crippen molar-refractivity contribution in [1.29, 1.82) is 0 Å². The average molecular weight is 498 g/mol. The molecule has 1 aromatic heterocycles. The Morgan fingerprint density at radius 3 is 2.53 bits per heavy atom. The van der Waals surface area contributed by atoms with Crippen molar-refractivity contribution in [3.8, 4) is 0 Å². The van der Waals surface area contributed by atoms with Crippen LogP contribution in [0.5, 0.6) is 0 Å². The molecule has 2 aromatic rings. The molecule has 2 heterocycles. The first kappa shape index (κ1) is 27.6. The lowest BCUT2D eigenvalue weighted by Gasteiger charge is -2.31. The zero-order chi connectivity index (χ0) is 26.3. The normalized spacial score (nSPS) is 18.9. The summed E-state index contributed by atoms with van der Waals surface area (Å²) in [4.78, 5) is 41.0. The van der Waals surface area contributed by atoms with E-state index < -0.39 is 12.1 Å². The molecule has 8 heteroatoms. The standard InChI is InChI=1S/C28H39N3O5/c1-19-21(13-16-35-19)26(33)29-22(17-28(2,3)14-11-20-9-7-6-8-10-20)27(34)30-25-23(32)18-36-24(25)12-15-31(4)5/h6-10,13,16,22,24-25H,11-12,14-15,17-18H2,1-5H3,(H,29,33)(H,30,34)/t22-,24?,25?/m0/s1. The molecule has 1 saturated heterocycles. The molecule has 2 N–H and O–H groups in total. The van der Waals surface area contributed by atoms with Gasteiger partial charge in [0.25, 0.3) is 5.91 Å². The summed E-state index contributed by atoms with van der Waals surface area (Å²) < 4.78 is 10.9. The van der Waals surface area contributed by atoms with E-state index in [9.17, 15) is 14.4 Å². The zero-order valence-corrected chi connectivity index (χ0v) is 22.0. The number of furan rings is 1. The molecular formula is C28H39N3O5. The summed E-state index contributed by atoms with van der Waals surface area (Å²) in [7, 11) is 3.90. The maximum Gasteiger partial charge on any atom is 0.255 e. The number of carbonyl (C=O) groups excluding carboxylic acids is 3. The number of aryl methyl sites for hydroxylation is 2. The van der Waals surface area contributed by atoms with Crippen molar-refractivity contribution < 1.29 is 23.5 Å². The van der Waals surface area contributed by atoms with Gasteiger partial charge in [-0.05, 0) is 63.7 Å². The van der Waals surface area contributed by atoms with Crippen molar-refractivity contribution in [2.45, 2.75) is 64.6 Å². The third-order valence-electron chi connectivity index (χ3n) is 6.73. The molecule has 0 bridgehead atoms. The molecule has 2 amide bonds. The van der Waals surface area contributed by atoms with Gasteiger partial charge in [-0.2, -0.15) is 0 Å². The smallest absolute Gasteiger partial charge is 0.255 e. The van der Waals surface area contributed by atoms with E-state index in [4.69, 9.17) is 9.15 Å². The van der Waals surface area contributed by atoms with E-state index in [-0.39, 0.29) is 35.7 Å². The average Bonchev–Trinajstić information content (AvgIpc) is 3.41. The number of carbonyl (C=O) groups is 3. The van der Waals surface area contributed by atoms with Crippen molar-refractivity contribution in [2.24, 2.45) is 5.41 Å². The summed E-state index contributed by atoms with van der Waals surface area (Å²) >= 11 is 0. The van der Waals surface area contributed by atoms with Gasteiger partial charge in [-0.3, -0.25) is 14.4 Å². The number of rotatable bonds is 12. The zero-order valence-electron chi connectivity index (χ0n) is 22.0. The maximum absolute atomic E-state index is 13.5. The highest BCUT2D eigenvalue weighted by atomic mass is 16.5. The summed E-state index contributed by atoms with van der Waals surface area (Å²) in [5, 5.41) is 5.79. The summed E-state index contributed by atoms with van der Waals surface area (Å²) in [5.74, 6) is -0.418. The molecule has 0 radical (unpaired) electrons. The van der Waals surface area contributed by atoms with Gasteiger partial charge in [0.1, 0.15) is 24.5 Å². The van der Waals surface area contributed by atoms with Crippen LogP contribution in [0.2, 0.25) is 0 Å². The Morgan fingerprint density at radius 2 is 1.89 bits per heavy atom. The maximum atomic E-state index is 13.5. The van der Waals surface area contributed by atoms with E-state index in [2.05, 4.69) is 36.6 Å². The highest BCUT2D eigenvalue weighted by molar-refractivity contribution is 5.99. The second kappa shape index (κ2) is 12.3. The van der Waals surface area contributed by atoms with Crippen LogP contribution in [0, 0.1) is 12.3 Å². The molecule has 0 saturated carbocycles. The van der Waals surface area contributed by atoms with Crippen LogP contribution in [0.3, 0.4) is 0 Å². The van der Waals surface area contributed by atoms with Crippen LogP contribution < -0.4 is 10.6 Å². The Morgan fingerprint density at radius 1 is 1.17 bits per heavy atom. The summed E-state index contributed by atoms with van der Waals surface area (Å²) in [6.45, 7) is 6.61. The Hall–Kier alpha value is -2.97. The number of hydrogen-bond acceptors (Lipinski definition) is 6. The summed E-state index contributed by atoms with van der Waals surface area (Å²) in [6, 6.07) is 10.2. The van der Waals surface area contributed by atoms with Crippen LogP contribution >= 0.6 is 0 Å². The van der Waals surface area contributed by atoms with E-state index >= 15 is 0 Å². The lowest BCUT2D eigenvalue weighted by atomic mass is 9.80. The number of amides is 2.